The van der Waals surface area contributed by atoms with E-state index in [2.05, 4.69) is 10.7 Å². The number of nitrogens with zero attached hydrogens (tertiary/aromatic N) is 1. The smallest absolute Gasteiger partial charge is 0.293 e. The van der Waals surface area contributed by atoms with Crippen LogP contribution in [0.2, 0.25) is 0 Å². The highest BCUT2D eigenvalue weighted by molar-refractivity contribution is 7.84. The Labute approximate surface area is 118 Å². The van der Waals surface area contributed by atoms with Gasteiger partial charge in [0, 0.05) is 41.0 Å². The molecule has 0 spiro atoms. The van der Waals surface area contributed by atoms with Crippen LogP contribution in [0.4, 0.5) is 11.4 Å². The van der Waals surface area contributed by atoms with Crippen molar-refractivity contribution in [3.63, 3.8) is 0 Å². The van der Waals surface area contributed by atoms with Crippen LogP contribution < -0.4 is 16.6 Å². The third kappa shape index (κ3) is 4.59. The molecule has 1 unspecified atom stereocenters. The number of amides is 1. The number of carbonyl (C=O) groups excluding carboxylic acids is 1. The fraction of sp³-hybridized carbons (Fsp3) is 0.364. The minimum absolute atomic E-state index is 0.0670. The maximum absolute atomic E-state index is 11.8. The Kier molecular flexibility index (Phi) is 6.07. The summed E-state index contributed by atoms with van der Waals surface area (Å²) in [4.78, 5) is 21.9. The lowest BCUT2D eigenvalue weighted by atomic mass is 10.1. The highest BCUT2D eigenvalue weighted by atomic mass is 32.2. The van der Waals surface area contributed by atoms with E-state index in [4.69, 9.17) is 5.84 Å². The lowest BCUT2D eigenvalue weighted by molar-refractivity contribution is -0.384. The minimum Gasteiger partial charge on any atom is -0.352 e. The second-order valence-corrected chi connectivity index (χ2v) is 5.57. The number of benzene rings is 1. The van der Waals surface area contributed by atoms with E-state index in [0.717, 1.165) is 0 Å². The van der Waals surface area contributed by atoms with Gasteiger partial charge >= 0.3 is 0 Å². The molecule has 0 saturated heterocycles. The molecule has 1 aromatic rings. The summed E-state index contributed by atoms with van der Waals surface area (Å²) in [5, 5.41) is 13.4. The van der Waals surface area contributed by atoms with Gasteiger partial charge in [-0.25, -0.2) is 0 Å². The zero-order valence-electron chi connectivity index (χ0n) is 10.9. The van der Waals surface area contributed by atoms with Crippen LogP contribution in [-0.2, 0) is 10.8 Å². The van der Waals surface area contributed by atoms with Crippen molar-refractivity contribution >= 4 is 28.1 Å². The molecule has 1 aromatic carbocycles. The molecular weight excluding hydrogens is 284 g/mol. The van der Waals surface area contributed by atoms with Crippen molar-refractivity contribution < 1.29 is 13.9 Å². The average Bonchev–Trinajstić information content (AvgIpc) is 2.42. The summed E-state index contributed by atoms with van der Waals surface area (Å²) in [5.74, 6) is 5.34. The van der Waals surface area contributed by atoms with Gasteiger partial charge in [0.05, 0.1) is 4.92 Å². The Balaban J connectivity index is 2.69. The highest BCUT2D eigenvalue weighted by Gasteiger charge is 2.15. The van der Waals surface area contributed by atoms with Crippen LogP contribution in [-0.4, -0.2) is 33.6 Å². The number of carbonyl (C=O) groups is 1. The summed E-state index contributed by atoms with van der Waals surface area (Å²) < 4.78 is 10.9. The van der Waals surface area contributed by atoms with Gasteiger partial charge in [-0.2, -0.15) is 0 Å². The molecule has 20 heavy (non-hydrogen) atoms. The van der Waals surface area contributed by atoms with E-state index in [1.165, 1.54) is 18.2 Å². The summed E-state index contributed by atoms with van der Waals surface area (Å²) in [6, 6.07) is 3.88. The van der Waals surface area contributed by atoms with Crippen LogP contribution in [0.5, 0.6) is 0 Å². The number of hydrogen-bond donors (Lipinski definition) is 3. The zero-order valence-corrected chi connectivity index (χ0v) is 11.7. The molecule has 0 aliphatic heterocycles. The van der Waals surface area contributed by atoms with Crippen molar-refractivity contribution in [1.82, 2.24) is 5.32 Å². The van der Waals surface area contributed by atoms with Crippen molar-refractivity contribution in [2.24, 2.45) is 5.84 Å². The molecule has 1 amide bonds. The van der Waals surface area contributed by atoms with Gasteiger partial charge in [0.15, 0.2) is 0 Å². The molecule has 9 heteroatoms. The number of rotatable bonds is 7. The predicted molar refractivity (Wildman–Crippen MR) is 76.8 cm³/mol. The van der Waals surface area contributed by atoms with Crippen LogP contribution in [0.3, 0.4) is 0 Å². The molecule has 0 radical (unpaired) electrons. The predicted octanol–water partition coefficient (Wildman–Crippen LogP) is 0.379. The van der Waals surface area contributed by atoms with Gasteiger partial charge in [-0.3, -0.25) is 25.0 Å². The molecule has 0 aliphatic carbocycles. The monoisotopic (exact) mass is 300 g/mol. The number of nitro groups is 1. The fourth-order valence-corrected chi connectivity index (χ4v) is 2.08. The van der Waals surface area contributed by atoms with Crippen molar-refractivity contribution in [3.8, 4) is 0 Å². The van der Waals surface area contributed by atoms with Crippen molar-refractivity contribution in [2.75, 3.05) is 24.0 Å². The van der Waals surface area contributed by atoms with Gasteiger partial charge in [-0.15, -0.1) is 0 Å². The Hall–Kier alpha value is -2.00. The molecule has 0 bridgehead atoms. The van der Waals surface area contributed by atoms with E-state index in [9.17, 15) is 19.1 Å². The van der Waals surface area contributed by atoms with Gasteiger partial charge < -0.3 is 10.7 Å². The maximum atomic E-state index is 11.8. The molecule has 1 rings (SSSR count). The number of nitrogens with two attached hydrogens (primary N) is 1. The summed E-state index contributed by atoms with van der Waals surface area (Å²) in [6.07, 6.45) is 2.20. The van der Waals surface area contributed by atoms with E-state index >= 15 is 0 Å². The van der Waals surface area contributed by atoms with Gasteiger partial charge in [-0.05, 0) is 18.6 Å². The third-order valence-corrected chi connectivity index (χ3v) is 3.37. The molecular formula is C11H16N4O4S. The van der Waals surface area contributed by atoms with E-state index in [1.807, 2.05) is 0 Å². The van der Waals surface area contributed by atoms with Crippen LogP contribution in [0, 0.1) is 10.1 Å². The van der Waals surface area contributed by atoms with E-state index in [0.29, 0.717) is 18.7 Å². The Morgan fingerprint density at radius 1 is 1.50 bits per heavy atom. The highest BCUT2D eigenvalue weighted by Crippen LogP contribution is 2.24. The fourth-order valence-electron chi connectivity index (χ4n) is 1.53. The number of nitrogen functional groups attached to an aromatic ring is 1. The first-order valence-electron chi connectivity index (χ1n) is 5.79. The van der Waals surface area contributed by atoms with Crippen LogP contribution in [0.15, 0.2) is 18.2 Å². The molecule has 0 aliphatic rings. The lowest BCUT2D eigenvalue weighted by Gasteiger charge is -2.07. The topological polar surface area (TPSA) is 127 Å². The number of hydrazine groups is 1. The Morgan fingerprint density at radius 2 is 2.20 bits per heavy atom. The molecule has 0 fully saturated rings. The first-order valence-corrected chi connectivity index (χ1v) is 7.51. The van der Waals surface area contributed by atoms with Crippen molar-refractivity contribution in [2.45, 2.75) is 6.42 Å². The number of nitrogens with one attached hydrogen (secondary N) is 2. The van der Waals surface area contributed by atoms with Gasteiger partial charge in [0.2, 0.25) is 0 Å². The first kappa shape index (κ1) is 16.1. The van der Waals surface area contributed by atoms with Gasteiger partial charge in [0.1, 0.15) is 5.69 Å². The molecule has 4 N–H and O–H groups in total. The summed E-state index contributed by atoms with van der Waals surface area (Å²) in [7, 11) is -0.891. The Morgan fingerprint density at radius 3 is 2.75 bits per heavy atom. The standard InChI is InChI=1S/C11H16N4O4S/c1-20(19)6-2-5-13-11(16)8-3-4-10(15(17)18)9(7-8)14-12/h3-4,7,14H,2,5-6,12H2,1H3,(H,13,16). The minimum atomic E-state index is -0.891. The van der Waals surface area contributed by atoms with E-state index in [-0.39, 0.29) is 22.8 Å². The number of nitro benzene ring substituents is 1. The second-order valence-electron chi connectivity index (χ2n) is 4.02. The van der Waals surface area contributed by atoms with E-state index < -0.39 is 15.7 Å². The van der Waals surface area contributed by atoms with Crippen LogP contribution in [0.1, 0.15) is 16.8 Å². The summed E-state index contributed by atoms with van der Waals surface area (Å²) in [6.45, 7) is 0.390. The summed E-state index contributed by atoms with van der Waals surface area (Å²) in [5.41, 5.74) is 2.32. The Bertz CT molecular complexity index is 535. The normalized spacial score (nSPS) is 11.7. The quantitative estimate of drug-likeness (QED) is 0.289. The maximum Gasteiger partial charge on any atom is 0.293 e. The van der Waals surface area contributed by atoms with Crippen LogP contribution in [0.25, 0.3) is 0 Å². The van der Waals surface area contributed by atoms with Crippen LogP contribution >= 0.6 is 0 Å². The molecule has 1 atom stereocenters. The lowest BCUT2D eigenvalue weighted by Crippen LogP contribution is -2.25. The van der Waals surface area contributed by atoms with Gasteiger partial charge in [0.25, 0.3) is 11.6 Å². The molecule has 0 aromatic heterocycles. The van der Waals surface area contributed by atoms with Crippen molar-refractivity contribution in [1.29, 1.82) is 0 Å². The molecule has 0 heterocycles. The van der Waals surface area contributed by atoms with Gasteiger partial charge in [-0.1, -0.05) is 0 Å². The first-order chi connectivity index (χ1) is 9.45. The third-order valence-electron chi connectivity index (χ3n) is 2.51. The summed E-state index contributed by atoms with van der Waals surface area (Å²) >= 11 is 0. The SMILES string of the molecule is CS(=O)CCCNC(=O)c1ccc([N+](=O)[O-])c(NN)c1. The molecule has 8 nitrogen and oxygen atoms in total. The molecule has 0 saturated carbocycles. The largest absolute Gasteiger partial charge is 0.352 e. The van der Waals surface area contributed by atoms with E-state index in [1.54, 1.807) is 6.26 Å². The zero-order chi connectivity index (χ0) is 15.1. The molecule has 110 valence electrons. The number of hydrogen-bond acceptors (Lipinski definition) is 6. The second kappa shape index (κ2) is 7.56. The van der Waals surface area contributed by atoms with Crippen molar-refractivity contribution in [3.05, 3.63) is 33.9 Å². The average molecular weight is 300 g/mol. The number of anilines is 1.